The average molecular weight is 903 g/mol. The summed E-state index contributed by atoms with van der Waals surface area (Å²) in [7, 11) is 3.54. The normalized spacial score (nSPS) is 21.0. The van der Waals surface area contributed by atoms with Crippen molar-refractivity contribution in [2.75, 3.05) is 75.1 Å². The second-order valence-corrected chi connectivity index (χ2v) is 18.3. The van der Waals surface area contributed by atoms with Crippen LogP contribution in [0.1, 0.15) is 66.6 Å². The van der Waals surface area contributed by atoms with Crippen molar-refractivity contribution in [3.8, 4) is 17.0 Å². The molecular formula is C48H56ClN11O5. The second-order valence-electron chi connectivity index (χ2n) is 17.9. The number of carbonyl (C=O) groups excluding carboxylic acids is 3. The molecule has 0 unspecified atom stereocenters. The molecule has 2 aromatic carbocycles. The number of imide groups is 1. The van der Waals surface area contributed by atoms with E-state index in [9.17, 15) is 14.4 Å². The van der Waals surface area contributed by atoms with Gasteiger partial charge in [-0.1, -0.05) is 29.8 Å². The van der Waals surface area contributed by atoms with E-state index in [1.54, 1.807) is 30.0 Å². The summed E-state index contributed by atoms with van der Waals surface area (Å²) in [4.78, 5) is 55.9. The summed E-state index contributed by atoms with van der Waals surface area (Å²) in [5.41, 5.74) is 7.96. The van der Waals surface area contributed by atoms with Crippen molar-refractivity contribution in [3.05, 3.63) is 88.8 Å². The molecule has 5 aliphatic rings. The highest BCUT2D eigenvalue weighted by Crippen LogP contribution is 2.40. The average Bonchev–Trinajstić information content (AvgIpc) is 3.96. The Morgan fingerprint density at radius 2 is 1.71 bits per heavy atom. The lowest BCUT2D eigenvalue weighted by atomic mass is 9.89. The predicted octanol–water partition coefficient (Wildman–Crippen LogP) is 6.29. The van der Waals surface area contributed by atoms with Crippen LogP contribution in [0.2, 0.25) is 5.02 Å². The minimum atomic E-state index is -0.459. The number of halogens is 1. The topological polar surface area (TPSA) is 162 Å². The minimum Gasteiger partial charge on any atom is -0.493 e. The molecule has 5 aromatic rings. The number of urea groups is 1. The number of amides is 4. The quantitative estimate of drug-likeness (QED) is 0.121. The van der Waals surface area contributed by atoms with Crippen molar-refractivity contribution >= 4 is 58.0 Å². The lowest BCUT2D eigenvalue weighted by molar-refractivity contribution is -0.120. The van der Waals surface area contributed by atoms with Crippen LogP contribution in [0, 0.1) is 5.92 Å². The summed E-state index contributed by atoms with van der Waals surface area (Å²) in [5, 5.41) is 14.2. The third kappa shape index (κ3) is 8.84. The van der Waals surface area contributed by atoms with Crippen molar-refractivity contribution < 1.29 is 23.9 Å². The molecular weight excluding hydrogens is 846 g/mol. The Hall–Kier alpha value is -5.81. The van der Waals surface area contributed by atoms with Gasteiger partial charge in [-0.2, -0.15) is 0 Å². The number of imidazole rings is 1. The standard InChI is InChI=1S/C48H56ClN11O5/c1-50-39-25-44(55-60-42(27-52-46(39)60)47(62)53-38-10-11-43(38)64-2)58-22-16-35-34(4-3-5-40(35)58)37-9-6-31(26-51-37)28-56-18-14-32(15-19-56)57-20-12-30(13-21-57)29-65-33-7-8-36(49)41(24-33)59-23-17-45(61)54-48(59)63/h3-9,24-27,30,32,38,43,50H,10-23,28-29H2,1-2H3,(H,53,62)(H,54,61,63)/t38-,43-/m1/s1. The Balaban J connectivity index is 0.716. The highest BCUT2D eigenvalue weighted by Gasteiger charge is 2.34. The lowest BCUT2D eigenvalue weighted by Gasteiger charge is -2.41. The second kappa shape index (κ2) is 18.6. The molecule has 1 aliphatic carbocycles. The number of methoxy groups -OCH3 is 1. The van der Waals surface area contributed by atoms with E-state index < -0.39 is 6.03 Å². The largest absolute Gasteiger partial charge is 0.493 e. The number of likely N-dealkylation sites (tertiary alicyclic amines) is 2. The third-order valence-corrected chi connectivity index (χ3v) is 14.4. The van der Waals surface area contributed by atoms with E-state index in [1.165, 1.54) is 16.0 Å². The fraction of sp³-hybridized carbons (Fsp3) is 0.458. The number of piperidine rings is 2. The van der Waals surface area contributed by atoms with Crippen molar-refractivity contribution in [1.29, 1.82) is 0 Å². The van der Waals surface area contributed by atoms with Gasteiger partial charge in [0.05, 0.1) is 47.0 Å². The maximum atomic E-state index is 13.4. The number of hydrogen-bond acceptors (Lipinski definition) is 12. The van der Waals surface area contributed by atoms with Gasteiger partial charge in [0.25, 0.3) is 5.91 Å². The lowest BCUT2D eigenvalue weighted by Crippen LogP contribution is -2.51. The zero-order valence-corrected chi connectivity index (χ0v) is 37.7. The molecule has 17 heteroatoms. The zero-order valence-electron chi connectivity index (χ0n) is 37.0. The third-order valence-electron chi connectivity index (χ3n) is 14.1. The molecule has 65 heavy (non-hydrogen) atoms. The van der Waals surface area contributed by atoms with E-state index in [4.69, 9.17) is 31.2 Å². The van der Waals surface area contributed by atoms with E-state index in [1.807, 2.05) is 25.4 Å². The maximum Gasteiger partial charge on any atom is 0.328 e. The summed E-state index contributed by atoms with van der Waals surface area (Å²) in [6, 6.07) is 18.3. The van der Waals surface area contributed by atoms with Crippen LogP contribution in [0.3, 0.4) is 0 Å². The van der Waals surface area contributed by atoms with Gasteiger partial charge in [-0.3, -0.25) is 29.7 Å². The van der Waals surface area contributed by atoms with E-state index in [-0.39, 0.29) is 30.4 Å². The van der Waals surface area contributed by atoms with E-state index >= 15 is 0 Å². The number of nitrogens with one attached hydrogen (secondary N) is 3. The van der Waals surface area contributed by atoms with Gasteiger partial charge in [-0.05, 0) is 112 Å². The molecule has 0 radical (unpaired) electrons. The summed E-state index contributed by atoms with van der Waals surface area (Å²) >= 11 is 6.43. The molecule has 0 bridgehead atoms. The Morgan fingerprint density at radius 3 is 2.45 bits per heavy atom. The molecule has 7 heterocycles. The molecule has 3 saturated heterocycles. The number of hydrogen-bond donors (Lipinski definition) is 3. The Bertz CT molecular complexity index is 2570. The smallest absolute Gasteiger partial charge is 0.328 e. The molecule has 0 spiro atoms. The van der Waals surface area contributed by atoms with Gasteiger partial charge in [0.1, 0.15) is 5.75 Å². The molecule has 4 aliphatic heterocycles. The highest BCUT2D eigenvalue weighted by molar-refractivity contribution is 6.34. The van der Waals surface area contributed by atoms with Crippen LogP contribution in [0.4, 0.5) is 27.7 Å². The first-order chi connectivity index (χ1) is 31.7. The number of ether oxygens (including phenoxy) is 2. The first-order valence-corrected chi connectivity index (χ1v) is 23.4. The van der Waals surface area contributed by atoms with Gasteiger partial charge in [0.15, 0.2) is 17.2 Å². The van der Waals surface area contributed by atoms with Gasteiger partial charge in [-0.15, -0.1) is 5.10 Å². The van der Waals surface area contributed by atoms with Crippen molar-refractivity contribution in [1.82, 2.24) is 40.0 Å². The molecule has 4 fully saturated rings. The molecule has 3 aromatic heterocycles. The number of anilines is 4. The van der Waals surface area contributed by atoms with Crippen LogP contribution < -0.4 is 30.5 Å². The van der Waals surface area contributed by atoms with Gasteiger partial charge < -0.3 is 29.9 Å². The number of benzene rings is 2. The number of fused-ring (bicyclic) bond motifs is 2. The van der Waals surface area contributed by atoms with Gasteiger partial charge in [0.2, 0.25) is 5.91 Å². The molecule has 1 saturated carbocycles. The first-order valence-electron chi connectivity index (χ1n) is 23.0. The number of nitrogens with zero attached hydrogens (tertiary/aromatic N) is 8. The van der Waals surface area contributed by atoms with Crippen LogP contribution in [0.15, 0.2) is 67.0 Å². The summed E-state index contributed by atoms with van der Waals surface area (Å²) in [6.07, 6.45) is 11.1. The molecule has 3 N–H and O–H groups in total. The number of aromatic nitrogens is 4. The number of pyridine rings is 1. The maximum absolute atomic E-state index is 13.4. The number of rotatable bonds is 13. The summed E-state index contributed by atoms with van der Waals surface area (Å²) in [5.74, 6) is 1.39. The van der Waals surface area contributed by atoms with Crippen LogP contribution in [-0.2, 0) is 22.5 Å². The minimum absolute atomic E-state index is 0.0153. The molecule has 2 atom stereocenters. The number of carbonyl (C=O) groups is 3. The van der Waals surface area contributed by atoms with Crippen molar-refractivity contribution in [3.63, 3.8) is 0 Å². The molecule has 4 amide bonds. The Kier molecular flexibility index (Phi) is 12.3. The highest BCUT2D eigenvalue weighted by atomic mass is 35.5. The van der Waals surface area contributed by atoms with Gasteiger partial charge in [0, 0.05) is 75.8 Å². The van der Waals surface area contributed by atoms with Crippen LogP contribution in [0.25, 0.3) is 16.9 Å². The van der Waals surface area contributed by atoms with E-state index in [2.05, 4.69) is 66.0 Å². The monoisotopic (exact) mass is 901 g/mol. The molecule has 340 valence electrons. The van der Waals surface area contributed by atoms with Gasteiger partial charge in [-0.25, -0.2) is 14.3 Å². The molecule has 16 nitrogen and oxygen atoms in total. The van der Waals surface area contributed by atoms with Crippen LogP contribution in [-0.4, -0.2) is 125 Å². The first kappa shape index (κ1) is 43.1. The van der Waals surface area contributed by atoms with E-state index in [0.717, 1.165) is 113 Å². The Labute approximate surface area is 383 Å². The summed E-state index contributed by atoms with van der Waals surface area (Å²) < 4.78 is 13.4. The fourth-order valence-corrected chi connectivity index (χ4v) is 10.4. The van der Waals surface area contributed by atoms with Crippen LogP contribution >= 0.6 is 11.6 Å². The van der Waals surface area contributed by atoms with Gasteiger partial charge >= 0.3 is 6.03 Å². The SMILES string of the molecule is CNc1cc(N2CCc3c(-c4ccc(CN5CCC(N6CCC(COc7ccc(Cl)c(N8CCC(=O)NC8=O)c7)CC6)CC5)cn4)cccc32)nn2c(C(=O)N[C@@H]3CC[C@H]3OC)cnc12. The Morgan fingerprint density at radius 1 is 0.877 bits per heavy atom. The van der Waals surface area contributed by atoms with E-state index in [0.29, 0.717) is 52.9 Å². The van der Waals surface area contributed by atoms with Crippen molar-refractivity contribution in [2.24, 2.45) is 5.92 Å². The van der Waals surface area contributed by atoms with Crippen molar-refractivity contribution in [2.45, 2.75) is 76.1 Å². The fourth-order valence-electron chi connectivity index (χ4n) is 10.2. The summed E-state index contributed by atoms with van der Waals surface area (Å²) in [6.45, 7) is 6.82. The molecule has 10 rings (SSSR count). The zero-order chi connectivity index (χ0) is 44.6. The predicted molar refractivity (Wildman–Crippen MR) is 249 cm³/mol. The van der Waals surface area contributed by atoms with Crippen LogP contribution in [0.5, 0.6) is 5.75 Å².